The molecule has 1 amide bonds. The number of hydrogen-bond acceptors (Lipinski definition) is 4. The molecule has 2 aliphatic heterocycles. The van der Waals surface area contributed by atoms with Crippen LogP contribution in [-0.2, 0) is 4.79 Å². The molecule has 0 radical (unpaired) electrons. The maximum absolute atomic E-state index is 12.3. The number of allylic oxidation sites excluding steroid dienone is 2. The second-order valence-corrected chi connectivity index (χ2v) is 11.1. The molecule has 36 heavy (non-hydrogen) atoms. The van der Waals surface area contributed by atoms with E-state index < -0.39 is 0 Å². The molecule has 0 aliphatic carbocycles. The molecule has 1 atom stereocenters. The normalized spacial score (nSPS) is 20.5. The van der Waals surface area contributed by atoms with Crippen LogP contribution >= 0.6 is 0 Å². The van der Waals surface area contributed by atoms with E-state index in [1.54, 1.807) is 0 Å². The summed E-state index contributed by atoms with van der Waals surface area (Å²) in [5.41, 5.74) is 0. The number of hydrogen-bond donors (Lipinski definition) is 2. The lowest BCUT2D eigenvalue weighted by Crippen LogP contribution is -2.31. The molecular formula is C31H58N4O. The maximum Gasteiger partial charge on any atom is 0.248 e. The Morgan fingerprint density at radius 1 is 0.806 bits per heavy atom. The molecule has 2 N–H and O–H groups in total. The van der Waals surface area contributed by atoms with E-state index in [0.29, 0.717) is 12.3 Å². The Bertz CT molecular complexity index is 603. The summed E-state index contributed by atoms with van der Waals surface area (Å²) in [4.78, 5) is 19.2. The highest BCUT2D eigenvalue weighted by atomic mass is 16.1. The number of rotatable bonds is 16. The second kappa shape index (κ2) is 21.8. The molecule has 1 unspecified atom stereocenters. The van der Waals surface area contributed by atoms with Crippen molar-refractivity contribution < 1.29 is 4.79 Å². The molecule has 0 aromatic rings. The first-order valence-corrected chi connectivity index (χ1v) is 15.7. The van der Waals surface area contributed by atoms with Gasteiger partial charge >= 0.3 is 0 Å². The Balaban J connectivity index is 1.52. The van der Waals surface area contributed by atoms with Crippen LogP contribution in [0.1, 0.15) is 129 Å². The van der Waals surface area contributed by atoms with Gasteiger partial charge < -0.3 is 15.5 Å². The SMILES string of the molecule is CCCCCCCCCCCCCCCC=CCC1CC2=NC(=O)CCNCCCNCCCN2C1. The summed E-state index contributed by atoms with van der Waals surface area (Å²) < 4.78 is 0. The number of amides is 1. The third-order valence-electron chi connectivity index (χ3n) is 7.68. The summed E-state index contributed by atoms with van der Waals surface area (Å²) in [6, 6.07) is 0. The first kappa shape index (κ1) is 31.0. The third kappa shape index (κ3) is 15.8. The summed E-state index contributed by atoms with van der Waals surface area (Å²) >= 11 is 0. The van der Waals surface area contributed by atoms with Gasteiger partial charge in [-0.1, -0.05) is 96.1 Å². The Morgan fingerprint density at radius 2 is 1.42 bits per heavy atom. The highest BCUT2D eigenvalue weighted by Crippen LogP contribution is 2.23. The van der Waals surface area contributed by atoms with Gasteiger partial charge in [-0.2, -0.15) is 0 Å². The average Bonchev–Trinajstić information content (AvgIpc) is 3.25. The number of carbonyl (C=O) groups excluding carboxylic acids is 1. The van der Waals surface area contributed by atoms with Gasteiger partial charge in [0.25, 0.3) is 0 Å². The van der Waals surface area contributed by atoms with E-state index in [-0.39, 0.29) is 5.91 Å². The molecule has 2 aliphatic rings. The number of nitrogens with zero attached hydrogens (tertiary/aromatic N) is 2. The lowest BCUT2D eigenvalue weighted by molar-refractivity contribution is -0.117. The first-order chi connectivity index (χ1) is 17.8. The van der Waals surface area contributed by atoms with Crippen molar-refractivity contribution in [3.63, 3.8) is 0 Å². The Morgan fingerprint density at radius 3 is 2.11 bits per heavy atom. The molecule has 208 valence electrons. The molecule has 0 bridgehead atoms. The van der Waals surface area contributed by atoms with E-state index in [4.69, 9.17) is 0 Å². The summed E-state index contributed by atoms with van der Waals surface area (Å²) in [6.07, 6.45) is 29.2. The maximum atomic E-state index is 12.3. The quantitative estimate of drug-likeness (QED) is 0.176. The summed E-state index contributed by atoms with van der Waals surface area (Å²) in [5.74, 6) is 1.67. The van der Waals surface area contributed by atoms with Crippen LogP contribution in [-0.4, -0.2) is 55.9 Å². The molecule has 0 aromatic heterocycles. The topological polar surface area (TPSA) is 56.7 Å². The minimum Gasteiger partial charge on any atom is -0.360 e. The average molecular weight is 503 g/mol. The lowest BCUT2D eigenvalue weighted by atomic mass is 10.0. The predicted octanol–water partition coefficient (Wildman–Crippen LogP) is 7.02. The van der Waals surface area contributed by atoms with E-state index in [1.165, 1.54) is 89.9 Å². The van der Waals surface area contributed by atoms with Gasteiger partial charge in [-0.25, -0.2) is 4.99 Å². The van der Waals surface area contributed by atoms with Crippen LogP contribution in [0.25, 0.3) is 0 Å². The fourth-order valence-corrected chi connectivity index (χ4v) is 5.43. The smallest absolute Gasteiger partial charge is 0.248 e. The lowest BCUT2D eigenvalue weighted by Gasteiger charge is -2.19. The molecule has 1 fully saturated rings. The molecule has 0 aromatic carbocycles. The minimum absolute atomic E-state index is 0.0382. The minimum atomic E-state index is 0.0382. The van der Waals surface area contributed by atoms with Gasteiger partial charge in [0, 0.05) is 32.5 Å². The standard InChI is InChI=1S/C31H58N4O/c1-2-3-4-5-6-7-8-9-10-11-12-13-14-15-16-17-20-29-27-30-34-31(36)21-25-33-23-18-22-32-24-19-26-35(30)28-29/h16-17,29,32-33H,2-15,18-28H2,1H3. The zero-order valence-corrected chi connectivity index (χ0v) is 23.7. The molecule has 2 rings (SSSR count). The van der Waals surface area contributed by atoms with Crippen LogP contribution < -0.4 is 10.6 Å². The molecule has 0 saturated carbocycles. The zero-order valence-electron chi connectivity index (χ0n) is 23.7. The van der Waals surface area contributed by atoms with Crippen molar-refractivity contribution in [3.8, 4) is 0 Å². The third-order valence-corrected chi connectivity index (χ3v) is 7.68. The fraction of sp³-hybridized carbons (Fsp3) is 0.871. The Labute approximate surface area is 223 Å². The van der Waals surface area contributed by atoms with Crippen molar-refractivity contribution in [2.24, 2.45) is 10.9 Å². The van der Waals surface area contributed by atoms with Crippen LogP contribution in [0.3, 0.4) is 0 Å². The van der Waals surface area contributed by atoms with Crippen molar-refractivity contribution in [3.05, 3.63) is 12.2 Å². The van der Waals surface area contributed by atoms with Crippen LogP contribution in [0.15, 0.2) is 17.1 Å². The van der Waals surface area contributed by atoms with Crippen LogP contribution in [0, 0.1) is 5.92 Å². The summed E-state index contributed by atoms with van der Waals surface area (Å²) in [6.45, 7) is 8.15. The largest absolute Gasteiger partial charge is 0.360 e. The van der Waals surface area contributed by atoms with Gasteiger partial charge in [-0.15, -0.1) is 0 Å². The van der Waals surface area contributed by atoms with Crippen LogP contribution in [0.2, 0.25) is 0 Å². The number of fused-ring (bicyclic) bond motifs is 1. The number of carbonyl (C=O) groups is 1. The number of nitrogens with one attached hydrogen (secondary N) is 2. The summed E-state index contributed by atoms with van der Waals surface area (Å²) in [7, 11) is 0. The fourth-order valence-electron chi connectivity index (χ4n) is 5.43. The van der Waals surface area contributed by atoms with Crippen molar-refractivity contribution in [2.45, 2.75) is 129 Å². The number of aliphatic imine (C=N–C) groups is 1. The highest BCUT2D eigenvalue weighted by molar-refractivity contribution is 5.95. The van der Waals surface area contributed by atoms with Gasteiger partial charge in [-0.3, -0.25) is 4.79 Å². The molecule has 1 saturated heterocycles. The van der Waals surface area contributed by atoms with Gasteiger partial charge in [0.1, 0.15) is 5.84 Å². The molecule has 5 nitrogen and oxygen atoms in total. The van der Waals surface area contributed by atoms with E-state index >= 15 is 0 Å². The molecule has 2 heterocycles. The monoisotopic (exact) mass is 502 g/mol. The van der Waals surface area contributed by atoms with Gasteiger partial charge in [-0.05, 0) is 57.7 Å². The number of unbranched alkanes of at least 4 members (excludes halogenated alkanes) is 13. The van der Waals surface area contributed by atoms with Gasteiger partial charge in [0.2, 0.25) is 5.91 Å². The Hall–Kier alpha value is -1.20. The molecule has 0 spiro atoms. The van der Waals surface area contributed by atoms with Crippen molar-refractivity contribution >= 4 is 11.7 Å². The molecular weight excluding hydrogens is 444 g/mol. The Kier molecular flexibility index (Phi) is 18.8. The van der Waals surface area contributed by atoms with Gasteiger partial charge in [0.05, 0.1) is 0 Å². The van der Waals surface area contributed by atoms with Crippen LogP contribution in [0.5, 0.6) is 0 Å². The van der Waals surface area contributed by atoms with E-state index in [9.17, 15) is 4.79 Å². The van der Waals surface area contributed by atoms with Gasteiger partial charge in [0.15, 0.2) is 0 Å². The van der Waals surface area contributed by atoms with Crippen molar-refractivity contribution in [1.29, 1.82) is 0 Å². The molecule has 5 heteroatoms. The van der Waals surface area contributed by atoms with E-state index in [0.717, 1.165) is 70.8 Å². The summed E-state index contributed by atoms with van der Waals surface area (Å²) in [5, 5.41) is 6.90. The van der Waals surface area contributed by atoms with E-state index in [1.807, 2.05) is 0 Å². The second-order valence-electron chi connectivity index (χ2n) is 11.1. The number of amidine groups is 1. The van der Waals surface area contributed by atoms with Crippen LogP contribution in [0.4, 0.5) is 0 Å². The zero-order chi connectivity index (χ0) is 25.5. The first-order valence-electron chi connectivity index (χ1n) is 15.7. The highest BCUT2D eigenvalue weighted by Gasteiger charge is 2.27. The van der Waals surface area contributed by atoms with Crippen molar-refractivity contribution in [2.75, 3.05) is 39.3 Å². The van der Waals surface area contributed by atoms with E-state index in [2.05, 4.69) is 39.6 Å². The predicted molar refractivity (Wildman–Crippen MR) is 156 cm³/mol. The van der Waals surface area contributed by atoms with Crippen molar-refractivity contribution in [1.82, 2.24) is 15.5 Å².